The smallest absolute Gasteiger partial charge is 0.295 e. The van der Waals surface area contributed by atoms with Gasteiger partial charge >= 0.3 is 0 Å². The maximum Gasteiger partial charge on any atom is 0.295 e. The number of aliphatic hydroxyl groups excluding tert-OH is 1. The minimum absolute atomic E-state index is 0.0368. The zero-order valence-electron chi connectivity index (χ0n) is 23.4. The third-order valence-corrected chi connectivity index (χ3v) is 7.19. The number of methoxy groups -OCH3 is 2. The van der Waals surface area contributed by atoms with E-state index in [0.717, 1.165) is 18.7 Å². The van der Waals surface area contributed by atoms with Gasteiger partial charge in [0.1, 0.15) is 18.1 Å². The quantitative estimate of drug-likeness (QED) is 0.194. The molecule has 4 rings (SSSR count). The molecule has 1 N–H and O–H groups in total. The molecule has 0 aromatic heterocycles. The Kier molecular flexibility index (Phi) is 9.45. The lowest BCUT2D eigenvalue weighted by Crippen LogP contribution is -2.38. The second-order valence-electron chi connectivity index (χ2n) is 9.43. The molecule has 40 heavy (non-hydrogen) atoms. The molecule has 1 aliphatic heterocycles. The van der Waals surface area contributed by atoms with Crippen molar-refractivity contribution in [3.63, 3.8) is 0 Å². The molecule has 1 atom stereocenters. The van der Waals surface area contributed by atoms with Crippen LogP contribution in [0.5, 0.6) is 17.2 Å². The minimum Gasteiger partial charge on any atom is -0.507 e. The molecule has 1 aliphatic rings. The average Bonchev–Trinajstić information content (AvgIpc) is 3.25. The Morgan fingerprint density at radius 2 is 1.57 bits per heavy atom. The molecule has 8 heteroatoms. The van der Waals surface area contributed by atoms with Crippen molar-refractivity contribution in [2.45, 2.75) is 26.5 Å². The first-order valence-corrected chi connectivity index (χ1v) is 13.4. The predicted molar refractivity (Wildman–Crippen MR) is 154 cm³/mol. The predicted octanol–water partition coefficient (Wildman–Crippen LogP) is 5.05. The van der Waals surface area contributed by atoms with E-state index in [-0.39, 0.29) is 11.3 Å². The van der Waals surface area contributed by atoms with Gasteiger partial charge in [0.25, 0.3) is 11.7 Å². The van der Waals surface area contributed by atoms with E-state index in [1.165, 1.54) is 14.2 Å². The molecule has 8 nitrogen and oxygen atoms in total. The van der Waals surface area contributed by atoms with E-state index in [2.05, 4.69) is 18.7 Å². The fourth-order valence-corrected chi connectivity index (χ4v) is 4.87. The number of likely N-dealkylation sites (tertiary alicyclic amines) is 1. The molecule has 0 spiro atoms. The first kappa shape index (κ1) is 28.7. The normalized spacial score (nSPS) is 16.4. The van der Waals surface area contributed by atoms with Crippen LogP contribution in [0.15, 0.2) is 78.4 Å². The van der Waals surface area contributed by atoms with Gasteiger partial charge in [0, 0.05) is 18.7 Å². The first-order chi connectivity index (χ1) is 19.4. The van der Waals surface area contributed by atoms with E-state index in [1.54, 1.807) is 23.1 Å². The molecule has 1 fully saturated rings. The highest BCUT2D eigenvalue weighted by atomic mass is 16.5. The van der Waals surface area contributed by atoms with Gasteiger partial charge in [-0.25, -0.2) is 0 Å². The molecular weight excluding hydrogens is 508 g/mol. The van der Waals surface area contributed by atoms with Gasteiger partial charge < -0.3 is 29.1 Å². The summed E-state index contributed by atoms with van der Waals surface area (Å²) in [7, 11) is 3.02. The number of carbonyl (C=O) groups is 2. The number of ether oxygens (including phenoxy) is 3. The molecule has 0 bridgehead atoms. The van der Waals surface area contributed by atoms with Gasteiger partial charge in [0.05, 0.1) is 25.8 Å². The van der Waals surface area contributed by atoms with Crippen LogP contribution >= 0.6 is 0 Å². The Morgan fingerprint density at radius 1 is 0.900 bits per heavy atom. The number of rotatable bonds is 12. The molecule has 1 saturated heterocycles. The molecule has 0 radical (unpaired) electrons. The van der Waals surface area contributed by atoms with E-state index < -0.39 is 17.7 Å². The molecule has 0 saturated carbocycles. The van der Waals surface area contributed by atoms with Crippen LogP contribution in [0.2, 0.25) is 0 Å². The van der Waals surface area contributed by atoms with Crippen LogP contribution in [0.25, 0.3) is 5.76 Å². The lowest BCUT2D eigenvalue weighted by Gasteiger charge is -2.28. The van der Waals surface area contributed by atoms with Crippen LogP contribution in [0.1, 0.15) is 36.6 Å². The monoisotopic (exact) mass is 544 g/mol. The van der Waals surface area contributed by atoms with Crippen molar-refractivity contribution < 1.29 is 28.9 Å². The second-order valence-corrected chi connectivity index (χ2v) is 9.43. The fraction of sp³-hybridized carbons (Fsp3) is 0.312. The maximum atomic E-state index is 13.4. The summed E-state index contributed by atoms with van der Waals surface area (Å²) in [6, 6.07) is 21.3. The first-order valence-electron chi connectivity index (χ1n) is 13.4. The third kappa shape index (κ3) is 6.13. The van der Waals surface area contributed by atoms with Crippen molar-refractivity contribution in [2.75, 3.05) is 40.4 Å². The van der Waals surface area contributed by atoms with Crippen molar-refractivity contribution in [1.82, 2.24) is 9.80 Å². The summed E-state index contributed by atoms with van der Waals surface area (Å²) in [6.07, 6.45) is 0. The fourth-order valence-electron chi connectivity index (χ4n) is 4.87. The van der Waals surface area contributed by atoms with Crippen LogP contribution in [0.4, 0.5) is 0 Å². The number of aliphatic hydroxyl groups is 1. The summed E-state index contributed by atoms with van der Waals surface area (Å²) in [6.45, 7) is 7.12. The second kappa shape index (κ2) is 13.2. The molecular formula is C32H36N2O6. The number of carbonyl (C=O) groups excluding carboxylic acids is 2. The van der Waals surface area contributed by atoms with Crippen LogP contribution < -0.4 is 14.2 Å². The van der Waals surface area contributed by atoms with E-state index in [4.69, 9.17) is 14.2 Å². The topological polar surface area (TPSA) is 88.5 Å². The van der Waals surface area contributed by atoms with Crippen molar-refractivity contribution in [3.05, 3.63) is 95.1 Å². The summed E-state index contributed by atoms with van der Waals surface area (Å²) in [5.41, 5.74) is 2.14. The van der Waals surface area contributed by atoms with Crippen LogP contribution in [-0.2, 0) is 16.2 Å². The van der Waals surface area contributed by atoms with Crippen LogP contribution in [-0.4, -0.2) is 67.0 Å². The number of amides is 1. The van der Waals surface area contributed by atoms with Crippen molar-refractivity contribution in [1.29, 1.82) is 0 Å². The Morgan fingerprint density at radius 3 is 2.20 bits per heavy atom. The maximum absolute atomic E-state index is 13.4. The van der Waals surface area contributed by atoms with Gasteiger partial charge in [-0.15, -0.1) is 0 Å². The van der Waals surface area contributed by atoms with E-state index in [1.807, 2.05) is 54.6 Å². The lowest BCUT2D eigenvalue weighted by molar-refractivity contribution is -0.140. The highest BCUT2D eigenvalue weighted by molar-refractivity contribution is 6.46. The van der Waals surface area contributed by atoms with Gasteiger partial charge in [-0.1, -0.05) is 56.3 Å². The third-order valence-electron chi connectivity index (χ3n) is 7.19. The highest BCUT2D eigenvalue weighted by Gasteiger charge is 2.46. The van der Waals surface area contributed by atoms with Gasteiger partial charge in [-0.3, -0.25) is 9.59 Å². The minimum atomic E-state index is -0.758. The SMILES string of the molecule is CCN(CC)CCN1C(=O)C(=O)/C(=C(\O)c2ccc(OC)c(OC)c2)C1c1ccc(OCc2ccccc2)cc1. The number of hydrogen-bond donors (Lipinski definition) is 1. The van der Waals surface area contributed by atoms with E-state index in [9.17, 15) is 14.7 Å². The lowest BCUT2D eigenvalue weighted by atomic mass is 9.95. The standard InChI is InChI=1S/C32H36N2O6/c1-5-33(6-2)18-19-34-29(23-12-15-25(16-13-23)40-21-22-10-8-7-9-11-22)28(31(36)32(34)37)30(35)24-14-17-26(38-3)27(20-24)39-4/h7-17,20,29,35H,5-6,18-19,21H2,1-4H3/b30-28-. The summed E-state index contributed by atoms with van der Waals surface area (Å²) in [4.78, 5) is 30.5. The van der Waals surface area contributed by atoms with E-state index >= 15 is 0 Å². The van der Waals surface area contributed by atoms with Gasteiger partial charge in [-0.2, -0.15) is 0 Å². The van der Waals surface area contributed by atoms with Crippen molar-refractivity contribution in [2.24, 2.45) is 0 Å². The van der Waals surface area contributed by atoms with Crippen LogP contribution in [0.3, 0.4) is 0 Å². The zero-order chi connectivity index (χ0) is 28.6. The number of nitrogens with zero attached hydrogens (tertiary/aromatic N) is 2. The van der Waals surface area contributed by atoms with E-state index in [0.29, 0.717) is 48.1 Å². The number of ketones is 1. The molecule has 1 unspecified atom stereocenters. The highest BCUT2D eigenvalue weighted by Crippen LogP contribution is 2.41. The molecule has 210 valence electrons. The summed E-state index contributed by atoms with van der Waals surface area (Å²) in [5.74, 6) is -0.0726. The largest absolute Gasteiger partial charge is 0.507 e. The summed E-state index contributed by atoms with van der Waals surface area (Å²) in [5, 5.41) is 11.4. The molecule has 3 aromatic carbocycles. The zero-order valence-corrected chi connectivity index (χ0v) is 23.4. The van der Waals surface area contributed by atoms with Crippen LogP contribution in [0, 0.1) is 0 Å². The molecule has 1 amide bonds. The molecule has 0 aliphatic carbocycles. The number of hydrogen-bond acceptors (Lipinski definition) is 7. The van der Waals surface area contributed by atoms with Gasteiger partial charge in [-0.05, 0) is 54.5 Å². The van der Waals surface area contributed by atoms with Gasteiger partial charge in [0.15, 0.2) is 11.5 Å². The van der Waals surface area contributed by atoms with Gasteiger partial charge in [0.2, 0.25) is 0 Å². The summed E-state index contributed by atoms with van der Waals surface area (Å²) < 4.78 is 16.6. The number of likely N-dealkylation sites (N-methyl/N-ethyl adjacent to an activating group) is 1. The van der Waals surface area contributed by atoms with Crippen molar-refractivity contribution >= 4 is 17.4 Å². The Hall–Kier alpha value is -4.30. The molecule has 1 heterocycles. The Labute approximate surface area is 235 Å². The Bertz CT molecular complexity index is 1350. The van der Waals surface area contributed by atoms with Crippen molar-refractivity contribution in [3.8, 4) is 17.2 Å². The average molecular weight is 545 g/mol. The summed E-state index contributed by atoms with van der Waals surface area (Å²) >= 11 is 0. The molecule has 3 aromatic rings. The Balaban J connectivity index is 1.71. The number of benzene rings is 3. The number of Topliss-reactive ketones (excluding diaryl/α,β-unsaturated/α-hetero) is 1.